The van der Waals surface area contributed by atoms with E-state index in [1.807, 2.05) is 6.07 Å². The van der Waals surface area contributed by atoms with Crippen LogP contribution in [-0.4, -0.2) is 0 Å². The summed E-state index contributed by atoms with van der Waals surface area (Å²) in [6.45, 7) is 0. The molecule has 0 N–H and O–H groups in total. The predicted molar refractivity (Wildman–Crippen MR) is 45.7 cm³/mol. The van der Waals surface area contributed by atoms with Crippen LogP contribution in [0.15, 0.2) is 12.1 Å². The van der Waals surface area contributed by atoms with Crippen LogP contribution in [0.3, 0.4) is 0 Å². The molecule has 0 aromatic heterocycles. The molecule has 0 saturated heterocycles. The number of rotatable bonds is 1. The summed E-state index contributed by atoms with van der Waals surface area (Å²) in [4.78, 5) is 0. The Bertz CT molecular complexity index is 344. The lowest BCUT2D eigenvalue weighted by Gasteiger charge is -2.00. The van der Waals surface area contributed by atoms with E-state index in [0.717, 1.165) is 6.07 Å². The fourth-order valence-corrected chi connectivity index (χ4v) is 1.23. The van der Waals surface area contributed by atoms with Crippen molar-refractivity contribution in [2.24, 2.45) is 0 Å². The Kier molecular flexibility index (Phi) is 2.91. The van der Waals surface area contributed by atoms with Gasteiger partial charge < -0.3 is 0 Å². The van der Waals surface area contributed by atoms with Crippen LogP contribution in [0.25, 0.3) is 0 Å². The smallest absolute Gasteiger partial charge is 0.143 e. The summed E-state index contributed by atoms with van der Waals surface area (Å²) < 4.78 is 12.8. The molecule has 0 aliphatic heterocycles. The molecule has 1 aromatic carbocycles. The summed E-state index contributed by atoms with van der Waals surface area (Å²) in [5.41, 5.74) is 0.421. The lowest BCUT2D eigenvalue weighted by Crippen LogP contribution is -1.87. The highest BCUT2D eigenvalue weighted by Gasteiger charge is 2.07. The van der Waals surface area contributed by atoms with Crippen LogP contribution in [-0.2, 0) is 6.42 Å². The molecule has 0 radical (unpaired) electrons. The molecule has 0 atom stereocenters. The summed E-state index contributed by atoms with van der Waals surface area (Å²) in [5.74, 6) is -0.589. The van der Waals surface area contributed by atoms with Crippen molar-refractivity contribution in [1.29, 1.82) is 5.26 Å². The zero-order chi connectivity index (χ0) is 9.14. The molecule has 0 aliphatic carbocycles. The molecule has 0 bridgehead atoms. The molecule has 0 unspecified atom stereocenters. The minimum atomic E-state index is -0.589. The van der Waals surface area contributed by atoms with E-state index in [-0.39, 0.29) is 16.5 Å². The predicted octanol–water partition coefficient (Wildman–Crippen LogP) is 3.20. The third-order valence-corrected chi connectivity index (χ3v) is 1.98. The van der Waals surface area contributed by atoms with E-state index in [1.165, 1.54) is 6.07 Å². The van der Waals surface area contributed by atoms with Crippen molar-refractivity contribution in [3.8, 4) is 6.07 Å². The van der Waals surface area contributed by atoms with Crippen LogP contribution in [0, 0.1) is 17.1 Å². The highest BCUT2D eigenvalue weighted by molar-refractivity contribution is 6.33. The van der Waals surface area contributed by atoms with Crippen molar-refractivity contribution in [2.75, 3.05) is 0 Å². The van der Waals surface area contributed by atoms with Crippen molar-refractivity contribution < 1.29 is 4.39 Å². The molecule has 12 heavy (non-hydrogen) atoms. The van der Waals surface area contributed by atoms with Crippen molar-refractivity contribution in [2.45, 2.75) is 6.42 Å². The van der Waals surface area contributed by atoms with E-state index in [2.05, 4.69) is 0 Å². The standard InChI is InChI=1S/C8H4Cl2FN/c9-6-3-5(1-2-12)8(10)7(11)4-6/h3-4H,1H2. The lowest BCUT2D eigenvalue weighted by molar-refractivity contribution is 0.626. The number of benzene rings is 1. The van der Waals surface area contributed by atoms with Gasteiger partial charge in [0, 0.05) is 5.02 Å². The molecular weight excluding hydrogens is 200 g/mol. The summed E-state index contributed by atoms with van der Waals surface area (Å²) in [6.07, 6.45) is 0.0658. The topological polar surface area (TPSA) is 23.8 Å². The maximum Gasteiger partial charge on any atom is 0.143 e. The van der Waals surface area contributed by atoms with Gasteiger partial charge in [-0.15, -0.1) is 0 Å². The van der Waals surface area contributed by atoms with Gasteiger partial charge in [-0.25, -0.2) is 4.39 Å². The van der Waals surface area contributed by atoms with Crippen molar-refractivity contribution in [3.05, 3.63) is 33.6 Å². The molecule has 0 heterocycles. The number of hydrogen-bond donors (Lipinski definition) is 0. The summed E-state index contributed by atoms with van der Waals surface area (Å²) >= 11 is 11.1. The highest BCUT2D eigenvalue weighted by Crippen LogP contribution is 2.24. The second-order valence-corrected chi connectivity index (χ2v) is 3.01. The average Bonchev–Trinajstić information content (AvgIpc) is 2.00. The minimum Gasteiger partial charge on any atom is -0.205 e. The van der Waals surface area contributed by atoms with E-state index in [9.17, 15) is 4.39 Å². The third-order valence-electron chi connectivity index (χ3n) is 1.34. The van der Waals surface area contributed by atoms with Crippen LogP contribution in [0.2, 0.25) is 10.0 Å². The first-order valence-corrected chi connectivity index (χ1v) is 3.91. The van der Waals surface area contributed by atoms with Gasteiger partial charge in [0.25, 0.3) is 0 Å². The van der Waals surface area contributed by atoms with Gasteiger partial charge in [0.05, 0.1) is 17.5 Å². The Balaban J connectivity index is 3.20. The summed E-state index contributed by atoms with van der Waals surface area (Å²) in [6, 6.07) is 4.47. The second-order valence-electron chi connectivity index (χ2n) is 2.20. The van der Waals surface area contributed by atoms with Crippen molar-refractivity contribution >= 4 is 23.2 Å². The van der Waals surface area contributed by atoms with E-state index < -0.39 is 5.82 Å². The zero-order valence-electron chi connectivity index (χ0n) is 5.94. The van der Waals surface area contributed by atoms with Gasteiger partial charge in [0.15, 0.2) is 0 Å². The molecule has 62 valence electrons. The van der Waals surface area contributed by atoms with Crippen LogP contribution >= 0.6 is 23.2 Å². The van der Waals surface area contributed by atoms with Gasteiger partial charge in [0.2, 0.25) is 0 Å². The van der Waals surface area contributed by atoms with Crippen LogP contribution < -0.4 is 0 Å². The Hall–Kier alpha value is -0.780. The monoisotopic (exact) mass is 203 g/mol. The lowest BCUT2D eigenvalue weighted by atomic mass is 10.1. The van der Waals surface area contributed by atoms with Crippen LogP contribution in [0.4, 0.5) is 4.39 Å². The first-order chi connectivity index (χ1) is 5.65. The van der Waals surface area contributed by atoms with Gasteiger partial charge in [0.1, 0.15) is 5.82 Å². The first kappa shape index (κ1) is 9.31. The molecule has 0 fully saturated rings. The molecule has 0 amide bonds. The second kappa shape index (κ2) is 3.75. The Morgan fingerprint density at radius 3 is 2.67 bits per heavy atom. The molecule has 1 rings (SSSR count). The van der Waals surface area contributed by atoms with Gasteiger partial charge in [-0.1, -0.05) is 23.2 Å². The fraction of sp³-hybridized carbons (Fsp3) is 0.125. The Labute approximate surface area is 79.3 Å². The maximum atomic E-state index is 12.8. The Morgan fingerprint density at radius 2 is 2.08 bits per heavy atom. The fourth-order valence-electron chi connectivity index (χ4n) is 0.823. The molecule has 0 spiro atoms. The SMILES string of the molecule is N#CCc1cc(Cl)cc(F)c1Cl. The molecule has 0 aliphatic rings. The summed E-state index contributed by atoms with van der Waals surface area (Å²) in [5, 5.41) is 8.58. The van der Waals surface area contributed by atoms with Gasteiger partial charge >= 0.3 is 0 Å². The number of nitrogens with zero attached hydrogens (tertiary/aromatic N) is 1. The van der Waals surface area contributed by atoms with E-state index in [1.54, 1.807) is 0 Å². The largest absolute Gasteiger partial charge is 0.205 e. The number of hydrogen-bond acceptors (Lipinski definition) is 1. The number of nitriles is 1. The van der Waals surface area contributed by atoms with Crippen LogP contribution in [0.5, 0.6) is 0 Å². The molecular formula is C8H4Cl2FN. The van der Waals surface area contributed by atoms with Gasteiger partial charge in [-0.3, -0.25) is 0 Å². The molecule has 4 heteroatoms. The summed E-state index contributed by atoms with van der Waals surface area (Å²) in [7, 11) is 0. The normalized spacial score (nSPS) is 9.50. The highest BCUT2D eigenvalue weighted by atomic mass is 35.5. The van der Waals surface area contributed by atoms with E-state index >= 15 is 0 Å². The van der Waals surface area contributed by atoms with Crippen molar-refractivity contribution in [3.63, 3.8) is 0 Å². The van der Waals surface area contributed by atoms with E-state index in [4.69, 9.17) is 28.5 Å². The Morgan fingerprint density at radius 1 is 1.42 bits per heavy atom. The van der Waals surface area contributed by atoms with Crippen molar-refractivity contribution in [1.82, 2.24) is 0 Å². The minimum absolute atomic E-state index is 0.0269. The zero-order valence-corrected chi connectivity index (χ0v) is 7.45. The van der Waals surface area contributed by atoms with E-state index in [0.29, 0.717) is 5.56 Å². The molecule has 0 saturated carbocycles. The quantitative estimate of drug-likeness (QED) is 0.644. The maximum absolute atomic E-state index is 12.8. The first-order valence-electron chi connectivity index (χ1n) is 3.15. The average molecular weight is 204 g/mol. The van der Waals surface area contributed by atoms with Crippen LogP contribution in [0.1, 0.15) is 5.56 Å². The number of halogens is 3. The van der Waals surface area contributed by atoms with Gasteiger partial charge in [-0.2, -0.15) is 5.26 Å². The molecule has 1 aromatic rings. The third kappa shape index (κ3) is 1.88. The molecule has 1 nitrogen and oxygen atoms in total. The van der Waals surface area contributed by atoms with Gasteiger partial charge in [-0.05, 0) is 17.7 Å².